The van der Waals surface area contributed by atoms with Crippen LogP contribution in [-0.4, -0.2) is 26.0 Å². The van der Waals surface area contributed by atoms with Crippen molar-refractivity contribution >= 4 is 39.4 Å². The molecular formula is C38H25N5. The van der Waals surface area contributed by atoms with Crippen molar-refractivity contribution in [2.75, 3.05) is 0 Å². The van der Waals surface area contributed by atoms with E-state index in [1.807, 2.05) is 78.9 Å². The third-order valence-electron chi connectivity index (χ3n) is 8.06. The average molecular weight is 552 g/mol. The molecule has 0 amide bonds. The van der Waals surface area contributed by atoms with Crippen LogP contribution >= 0.6 is 0 Å². The molecule has 7 aromatic rings. The summed E-state index contributed by atoms with van der Waals surface area (Å²) in [4.78, 5) is 10.1. The van der Waals surface area contributed by atoms with Gasteiger partial charge in [-0.1, -0.05) is 97.1 Å². The van der Waals surface area contributed by atoms with Crippen LogP contribution in [0.2, 0.25) is 0 Å². The smallest absolute Gasteiger partial charge is 0.145 e. The first-order chi connectivity index (χ1) is 21.2. The Morgan fingerprint density at radius 3 is 1.98 bits per heavy atom. The molecule has 43 heavy (non-hydrogen) atoms. The summed E-state index contributed by atoms with van der Waals surface area (Å²) in [6.07, 6.45) is 3.61. The number of hydrogen-bond donors (Lipinski definition) is 2. The summed E-state index contributed by atoms with van der Waals surface area (Å²) >= 11 is 0. The Morgan fingerprint density at radius 2 is 1.21 bits per heavy atom. The molecule has 1 aliphatic carbocycles. The monoisotopic (exact) mass is 551 g/mol. The van der Waals surface area contributed by atoms with Crippen molar-refractivity contribution in [2.45, 2.75) is 0 Å². The molecule has 5 heteroatoms. The molecule has 0 atom stereocenters. The topological polar surface area (TPSA) is 78.4 Å². The SMILES string of the molecule is N=C1C=Cc2c(-c3ccccc3)nc3cc(-c4ccc(-n5c(-c6ccccc6)nc6ccccc65)cc4)ccc3c2C1=N. The van der Waals surface area contributed by atoms with Crippen molar-refractivity contribution < 1.29 is 0 Å². The second-order valence-electron chi connectivity index (χ2n) is 10.6. The Hall–Kier alpha value is -5.94. The fraction of sp³-hybridized carbons (Fsp3) is 0. The molecule has 0 saturated heterocycles. The van der Waals surface area contributed by atoms with Gasteiger partial charge < -0.3 is 0 Å². The van der Waals surface area contributed by atoms with Crippen LogP contribution in [-0.2, 0) is 0 Å². The van der Waals surface area contributed by atoms with Gasteiger partial charge >= 0.3 is 0 Å². The third-order valence-corrected chi connectivity index (χ3v) is 8.06. The van der Waals surface area contributed by atoms with E-state index in [4.69, 9.17) is 20.8 Å². The van der Waals surface area contributed by atoms with Gasteiger partial charge in [0.1, 0.15) is 5.82 Å². The molecule has 2 aromatic heterocycles. The standard InChI is InChI=1S/C38H25N5/c39-31-22-21-30-35(36(31)40)29-20-17-27(23-33(29)41-37(30)25-9-3-1-4-10-25)24-15-18-28(19-16-24)43-34-14-8-7-13-32(34)42-38(43)26-11-5-2-6-12-26/h1-23,39-40H. The van der Waals surface area contributed by atoms with Crippen molar-refractivity contribution in [1.82, 2.24) is 14.5 Å². The highest BCUT2D eigenvalue weighted by molar-refractivity contribution is 6.54. The van der Waals surface area contributed by atoms with Crippen molar-refractivity contribution in [3.05, 3.63) is 145 Å². The highest BCUT2D eigenvalue weighted by Crippen LogP contribution is 2.36. The van der Waals surface area contributed by atoms with Gasteiger partial charge in [0, 0.05) is 33.3 Å². The molecule has 5 aromatic carbocycles. The first-order valence-electron chi connectivity index (χ1n) is 14.2. The Bertz CT molecular complexity index is 2240. The fourth-order valence-corrected chi connectivity index (χ4v) is 5.96. The van der Waals surface area contributed by atoms with Crippen LogP contribution in [0.25, 0.3) is 67.5 Å². The van der Waals surface area contributed by atoms with E-state index in [1.165, 1.54) is 0 Å². The van der Waals surface area contributed by atoms with Crippen molar-refractivity contribution in [2.24, 2.45) is 0 Å². The number of nitrogens with one attached hydrogen (secondary N) is 2. The van der Waals surface area contributed by atoms with Crippen molar-refractivity contribution in [3.63, 3.8) is 0 Å². The van der Waals surface area contributed by atoms with Crippen LogP contribution in [0, 0.1) is 10.8 Å². The van der Waals surface area contributed by atoms with E-state index in [1.54, 1.807) is 6.08 Å². The number of rotatable bonds is 4. The largest absolute Gasteiger partial charge is 0.299 e. The minimum Gasteiger partial charge on any atom is -0.299 e. The first-order valence-corrected chi connectivity index (χ1v) is 14.2. The van der Waals surface area contributed by atoms with Gasteiger partial charge in [-0.15, -0.1) is 0 Å². The zero-order valence-corrected chi connectivity index (χ0v) is 23.1. The Balaban J connectivity index is 1.25. The fourth-order valence-electron chi connectivity index (χ4n) is 5.96. The molecule has 1 aliphatic rings. The summed E-state index contributed by atoms with van der Waals surface area (Å²) < 4.78 is 2.21. The predicted molar refractivity (Wildman–Crippen MR) is 176 cm³/mol. The summed E-state index contributed by atoms with van der Waals surface area (Å²) in [5, 5.41) is 17.9. The lowest BCUT2D eigenvalue weighted by molar-refractivity contribution is 1.10. The summed E-state index contributed by atoms with van der Waals surface area (Å²) in [6.45, 7) is 0. The van der Waals surface area contributed by atoms with Gasteiger partial charge in [-0.2, -0.15) is 0 Å². The van der Waals surface area contributed by atoms with Crippen LogP contribution in [0.1, 0.15) is 11.1 Å². The van der Waals surface area contributed by atoms with Crippen LogP contribution in [0.5, 0.6) is 0 Å². The van der Waals surface area contributed by atoms with Crippen LogP contribution in [0.4, 0.5) is 0 Å². The Kier molecular flexibility index (Phi) is 5.69. The predicted octanol–water partition coefficient (Wildman–Crippen LogP) is 8.99. The second kappa shape index (κ2) is 9.86. The van der Waals surface area contributed by atoms with Gasteiger partial charge in [-0.25, -0.2) is 9.97 Å². The zero-order valence-electron chi connectivity index (χ0n) is 23.1. The van der Waals surface area contributed by atoms with E-state index in [-0.39, 0.29) is 11.4 Å². The first kappa shape index (κ1) is 24.8. The van der Waals surface area contributed by atoms with Gasteiger partial charge in [0.2, 0.25) is 0 Å². The summed E-state index contributed by atoms with van der Waals surface area (Å²) in [6, 6.07) is 43.3. The van der Waals surface area contributed by atoms with Gasteiger partial charge in [-0.05, 0) is 53.6 Å². The van der Waals surface area contributed by atoms with Crippen LogP contribution in [0.15, 0.2) is 133 Å². The molecule has 0 fully saturated rings. The zero-order chi connectivity index (χ0) is 28.9. The van der Waals surface area contributed by atoms with E-state index < -0.39 is 0 Å². The number of benzene rings is 5. The minimum atomic E-state index is 0.209. The van der Waals surface area contributed by atoms with E-state index in [2.05, 4.69) is 59.2 Å². The minimum absolute atomic E-state index is 0.209. The van der Waals surface area contributed by atoms with E-state index in [9.17, 15) is 0 Å². The van der Waals surface area contributed by atoms with Gasteiger partial charge in [-0.3, -0.25) is 15.4 Å². The molecule has 0 bridgehead atoms. The van der Waals surface area contributed by atoms with E-state index in [0.717, 1.165) is 72.5 Å². The lowest BCUT2D eigenvalue weighted by Gasteiger charge is -2.19. The number of fused-ring (bicyclic) bond motifs is 4. The van der Waals surface area contributed by atoms with Gasteiger partial charge in [0.15, 0.2) is 0 Å². The highest BCUT2D eigenvalue weighted by Gasteiger charge is 2.23. The molecule has 0 spiro atoms. The molecule has 202 valence electrons. The summed E-state index contributed by atoms with van der Waals surface area (Å²) in [7, 11) is 0. The molecule has 5 nitrogen and oxygen atoms in total. The molecule has 2 N–H and O–H groups in total. The molecular weight excluding hydrogens is 526 g/mol. The van der Waals surface area contributed by atoms with Gasteiger partial charge in [0.25, 0.3) is 0 Å². The Morgan fingerprint density at radius 1 is 0.535 bits per heavy atom. The highest BCUT2D eigenvalue weighted by atomic mass is 15.1. The Labute approximate surface area is 248 Å². The lowest BCUT2D eigenvalue weighted by Crippen LogP contribution is -2.17. The number of imidazole rings is 1. The van der Waals surface area contributed by atoms with Gasteiger partial charge in [0.05, 0.1) is 33.7 Å². The maximum Gasteiger partial charge on any atom is 0.145 e. The molecule has 0 radical (unpaired) electrons. The maximum atomic E-state index is 8.75. The third kappa shape index (κ3) is 4.10. The molecule has 2 heterocycles. The molecule has 0 saturated carbocycles. The number of pyridine rings is 1. The number of allylic oxidation sites excluding steroid dienone is 1. The average Bonchev–Trinajstić information content (AvgIpc) is 3.46. The lowest BCUT2D eigenvalue weighted by atomic mass is 9.87. The van der Waals surface area contributed by atoms with Crippen molar-refractivity contribution in [1.29, 1.82) is 10.8 Å². The normalized spacial score (nSPS) is 12.7. The van der Waals surface area contributed by atoms with E-state index >= 15 is 0 Å². The number of para-hydroxylation sites is 2. The molecule has 0 unspecified atom stereocenters. The summed E-state index contributed by atoms with van der Waals surface area (Å²) in [5.41, 5.74) is 10.9. The van der Waals surface area contributed by atoms with E-state index in [0.29, 0.717) is 0 Å². The number of nitrogens with zero attached hydrogens (tertiary/aromatic N) is 3. The van der Waals surface area contributed by atoms with Crippen LogP contribution in [0.3, 0.4) is 0 Å². The second-order valence-corrected chi connectivity index (χ2v) is 10.6. The number of aromatic nitrogens is 3. The quantitative estimate of drug-likeness (QED) is 0.229. The summed E-state index contributed by atoms with van der Waals surface area (Å²) in [5.74, 6) is 0.907. The number of hydrogen-bond acceptors (Lipinski definition) is 4. The van der Waals surface area contributed by atoms with Crippen LogP contribution < -0.4 is 0 Å². The van der Waals surface area contributed by atoms with Crippen molar-refractivity contribution in [3.8, 4) is 39.5 Å². The maximum absolute atomic E-state index is 8.75. The molecule has 0 aliphatic heterocycles. The molecule has 8 rings (SSSR count).